The molecule has 0 aliphatic carbocycles. The molecule has 1 aromatic heterocycles. The molecule has 0 radical (unpaired) electrons. The quantitative estimate of drug-likeness (QED) is 0.838. The minimum Gasteiger partial charge on any atom is -0.376 e. The van der Waals surface area contributed by atoms with Gasteiger partial charge in [-0.15, -0.1) is 17.8 Å². The topological polar surface area (TPSA) is 41.6 Å². The summed E-state index contributed by atoms with van der Waals surface area (Å²) in [6.07, 6.45) is 7.41. The zero-order valence-electron chi connectivity index (χ0n) is 10.8. The number of amides is 2. The Bertz CT molecular complexity index is 433. The van der Waals surface area contributed by atoms with Gasteiger partial charge >= 0.3 is 6.03 Å². The van der Waals surface area contributed by atoms with Gasteiger partial charge in [-0.2, -0.15) is 0 Å². The van der Waals surface area contributed by atoms with E-state index in [0.29, 0.717) is 13.1 Å². The number of ether oxygens (including phenoxy) is 1. The van der Waals surface area contributed by atoms with Crippen LogP contribution in [0.4, 0.5) is 4.79 Å². The smallest absolute Gasteiger partial charge is 0.318 e. The number of urea groups is 1. The van der Waals surface area contributed by atoms with Gasteiger partial charge < -0.3 is 15.0 Å². The van der Waals surface area contributed by atoms with E-state index in [1.807, 2.05) is 17.5 Å². The van der Waals surface area contributed by atoms with E-state index >= 15 is 0 Å². The Balaban J connectivity index is 1.95. The molecule has 1 atom stereocenters. The van der Waals surface area contributed by atoms with Gasteiger partial charge in [0.2, 0.25) is 0 Å². The molecule has 1 aliphatic heterocycles. The minimum atomic E-state index is -0.123. The van der Waals surface area contributed by atoms with Gasteiger partial charge in [-0.3, -0.25) is 0 Å². The van der Waals surface area contributed by atoms with Crippen molar-refractivity contribution < 1.29 is 9.53 Å². The standard InChI is InChI=1S/C14H18N2O2S/c1-2-7-15-14(17)16(10-12-5-3-8-18-12)11-13-6-4-9-19-13/h1,4,6,9,12H,3,5,7-8,10-11H2,(H,15,17)/t12-/m0/s1. The van der Waals surface area contributed by atoms with Gasteiger partial charge in [-0.25, -0.2) is 4.79 Å². The zero-order valence-corrected chi connectivity index (χ0v) is 11.6. The summed E-state index contributed by atoms with van der Waals surface area (Å²) in [6.45, 7) is 2.27. The first-order chi connectivity index (χ1) is 9.29. The summed E-state index contributed by atoms with van der Waals surface area (Å²) in [4.78, 5) is 15.0. The predicted octanol–water partition coefficient (Wildman–Crippen LogP) is 2.07. The highest BCUT2D eigenvalue weighted by Crippen LogP contribution is 2.17. The number of carbonyl (C=O) groups excluding carboxylic acids is 1. The maximum atomic E-state index is 12.1. The van der Waals surface area contributed by atoms with Crippen LogP contribution < -0.4 is 5.32 Å². The molecular formula is C14H18N2O2S. The van der Waals surface area contributed by atoms with Gasteiger partial charge in [0.05, 0.1) is 19.2 Å². The van der Waals surface area contributed by atoms with Crippen LogP contribution in [0, 0.1) is 12.3 Å². The largest absolute Gasteiger partial charge is 0.376 e. The fourth-order valence-electron chi connectivity index (χ4n) is 2.08. The first-order valence-electron chi connectivity index (χ1n) is 6.40. The fraction of sp³-hybridized carbons (Fsp3) is 0.500. The molecule has 5 heteroatoms. The van der Waals surface area contributed by atoms with E-state index in [9.17, 15) is 4.79 Å². The summed E-state index contributed by atoms with van der Waals surface area (Å²) in [5.74, 6) is 2.42. The van der Waals surface area contributed by atoms with Crippen LogP contribution in [0.2, 0.25) is 0 Å². The third-order valence-electron chi connectivity index (χ3n) is 3.00. The van der Waals surface area contributed by atoms with E-state index in [-0.39, 0.29) is 18.7 Å². The van der Waals surface area contributed by atoms with E-state index in [1.165, 1.54) is 0 Å². The molecule has 1 aromatic rings. The Morgan fingerprint density at radius 1 is 1.68 bits per heavy atom. The molecule has 102 valence electrons. The molecule has 1 aliphatic rings. The summed E-state index contributed by atoms with van der Waals surface area (Å²) in [5.41, 5.74) is 0. The number of rotatable bonds is 5. The van der Waals surface area contributed by atoms with E-state index in [0.717, 1.165) is 24.3 Å². The second-order valence-electron chi connectivity index (χ2n) is 4.46. The molecule has 4 nitrogen and oxygen atoms in total. The highest BCUT2D eigenvalue weighted by Gasteiger charge is 2.22. The van der Waals surface area contributed by atoms with Crippen LogP contribution in [0.1, 0.15) is 17.7 Å². The van der Waals surface area contributed by atoms with E-state index < -0.39 is 0 Å². The van der Waals surface area contributed by atoms with Gasteiger partial charge in [0.15, 0.2) is 0 Å². The van der Waals surface area contributed by atoms with Crippen molar-refractivity contribution in [1.82, 2.24) is 10.2 Å². The van der Waals surface area contributed by atoms with Crippen molar-refractivity contribution in [3.8, 4) is 12.3 Å². The highest BCUT2D eigenvalue weighted by molar-refractivity contribution is 7.09. The first-order valence-corrected chi connectivity index (χ1v) is 7.28. The normalized spacial score (nSPS) is 17.9. The third kappa shape index (κ3) is 4.27. The molecule has 0 saturated carbocycles. The van der Waals surface area contributed by atoms with E-state index in [4.69, 9.17) is 11.2 Å². The zero-order chi connectivity index (χ0) is 13.5. The summed E-state index contributed by atoms with van der Waals surface area (Å²) < 4.78 is 5.60. The van der Waals surface area contributed by atoms with Crippen molar-refractivity contribution >= 4 is 17.4 Å². The van der Waals surface area contributed by atoms with Crippen LogP contribution in [-0.4, -0.2) is 36.7 Å². The van der Waals surface area contributed by atoms with Crippen molar-refractivity contribution in [2.75, 3.05) is 19.7 Å². The molecule has 2 amide bonds. The Kier molecular flexibility index (Phi) is 5.25. The Labute approximate surface area is 117 Å². The number of terminal acetylenes is 1. The molecule has 0 spiro atoms. The predicted molar refractivity (Wildman–Crippen MR) is 75.9 cm³/mol. The molecule has 2 rings (SSSR count). The van der Waals surface area contributed by atoms with Crippen LogP contribution in [-0.2, 0) is 11.3 Å². The molecule has 0 unspecified atom stereocenters. The van der Waals surface area contributed by atoms with Crippen LogP contribution in [0.25, 0.3) is 0 Å². The number of nitrogens with one attached hydrogen (secondary N) is 1. The lowest BCUT2D eigenvalue weighted by Gasteiger charge is -2.24. The van der Waals surface area contributed by atoms with Crippen LogP contribution in [0.5, 0.6) is 0 Å². The lowest BCUT2D eigenvalue weighted by Crippen LogP contribution is -2.43. The average Bonchev–Trinajstić information content (AvgIpc) is 3.08. The maximum Gasteiger partial charge on any atom is 0.318 e. The summed E-state index contributed by atoms with van der Waals surface area (Å²) >= 11 is 1.65. The Morgan fingerprint density at radius 2 is 2.58 bits per heavy atom. The van der Waals surface area contributed by atoms with Gasteiger partial charge in [-0.1, -0.05) is 12.0 Å². The second kappa shape index (κ2) is 7.17. The molecule has 1 fully saturated rings. The number of thiophene rings is 1. The van der Waals surface area contributed by atoms with Crippen LogP contribution >= 0.6 is 11.3 Å². The third-order valence-corrected chi connectivity index (χ3v) is 3.86. The number of hydrogen-bond donors (Lipinski definition) is 1. The lowest BCUT2D eigenvalue weighted by atomic mass is 10.2. The Morgan fingerprint density at radius 3 is 3.21 bits per heavy atom. The Hall–Kier alpha value is -1.51. The van der Waals surface area contributed by atoms with Gasteiger partial charge in [0.25, 0.3) is 0 Å². The molecular weight excluding hydrogens is 260 g/mol. The molecule has 0 aromatic carbocycles. The summed E-state index contributed by atoms with van der Waals surface area (Å²) in [7, 11) is 0. The molecule has 1 N–H and O–H groups in total. The number of hydrogen-bond acceptors (Lipinski definition) is 3. The lowest BCUT2D eigenvalue weighted by molar-refractivity contribution is 0.0799. The monoisotopic (exact) mass is 278 g/mol. The van der Waals surface area contributed by atoms with Gasteiger partial charge in [0.1, 0.15) is 0 Å². The second-order valence-corrected chi connectivity index (χ2v) is 5.49. The molecule has 19 heavy (non-hydrogen) atoms. The van der Waals surface area contributed by atoms with Crippen LogP contribution in [0.15, 0.2) is 17.5 Å². The van der Waals surface area contributed by atoms with Gasteiger partial charge in [0, 0.05) is 18.0 Å². The van der Waals surface area contributed by atoms with Crippen molar-refractivity contribution in [1.29, 1.82) is 0 Å². The molecule has 0 bridgehead atoms. The molecule has 2 heterocycles. The van der Waals surface area contributed by atoms with E-state index in [1.54, 1.807) is 16.2 Å². The van der Waals surface area contributed by atoms with E-state index in [2.05, 4.69) is 11.2 Å². The number of nitrogens with zero attached hydrogens (tertiary/aromatic N) is 1. The van der Waals surface area contributed by atoms with Crippen molar-refractivity contribution in [2.45, 2.75) is 25.5 Å². The average molecular weight is 278 g/mol. The van der Waals surface area contributed by atoms with Gasteiger partial charge in [-0.05, 0) is 24.3 Å². The minimum absolute atomic E-state index is 0.123. The molecule has 1 saturated heterocycles. The van der Waals surface area contributed by atoms with Crippen molar-refractivity contribution in [3.63, 3.8) is 0 Å². The number of carbonyl (C=O) groups is 1. The summed E-state index contributed by atoms with van der Waals surface area (Å²) in [5, 5.41) is 4.73. The summed E-state index contributed by atoms with van der Waals surface area (Å²) in [6, 6.07) is 3.90. The maximum absolute atomic E-state index is 12.1. The van der Waals surface area contributed by atoms with Crippen molar-refractivity contribution in [3.05, 3.63) is 22.4 Å². The first kappa shape index (κ1) is 13.9. The SMILES string of the molecule is C#CCNC(=O)N(Cc1cccs1)C[C@@H]1CCCO1. The van der Waals surface area contributed by atoms with Crippen molar-refractivity contribution in [2.24, 2.45) is 0 Å². The highest BCUT2D eigenvalue weighted by atomic mass is 32.1. The fourth-order valence-corrected chi connectivity index (χ4v) is 2.80. The van der Waals surface area contributed by atoms with Crippen LogP contribution in [0.3, 0.4) is 0 Å².